The van der Waals surface area contributed by atoms with E-state index in [-0.39, 0.29) is 6.61 Å². The predicted molar refractivity (Wildman–Crippen MR) is 56.0 cm³/mol. The number of hydrogen-bond acceptors (Lipinski definition) is 4. The molecule has 16 heavy (non-hydrogen) atoms. The lowest BCUT2D eigenvalue weighted by molar-refractivity contribution is 0.0314. The highest BCUT2D eigenvalue weighted by Crippen LogP contribution is 2.30. The first kappa shape index (κ1) is 13.5. The summed E-state index contributed by atoms with van der Waals surface area (Å²) in [4.78, 5) is 11.6. The van der Waals surface area contributed by atoms with Crippen LogP contribution in [0.1, 0.15) is 27.2 Å². The van der Waals surface area contributed by atoms with Crippen LogP contribution >= 0.6 is 12.2 Å². The minimum Gasteiger partial charge on any atom is -0.443 e. The Balaban J connectivity index is 2.54. The topological polar surface area (TPSA) is 38.8 Å². The zero-order valence-corrected chi connectivity index (χ0v) is 10.2. The molecule has 0 radical (unpaired) electrons. The molecule has 0 spiro atoms. The van der Waals surface area contributed by atoms with Gasteiger partial charge in [-0.15, -0.1) is 0 Å². The van der Waals surface area contributed by atoms with Crippen LogP contribution in [-0.4, -0.2) is 35.1 Å². The summed E-state index contributed by atoms with van der Waals surface area (Å²) in [5.41, 5.74) is -0.643. The van der Waals surface area contributed by atoms with Gasteiger partial charge in [-0.05, 0) is 20.8 Å². The second kappa shape index (κ2) is 5.18. The number of ether oxygens (including phenoxy) is 1. The van der Waals surface area contributed by atoms with Gasteiger partial charge >= 0.3 is 6.09 Å². The molecule has 1 heterocycles. The normalized spacial score (nSPS) is 21.6. The van der Waals surface area contributed by atoms with Crippen molar-refractivity contribution < 1.29 is 22.5 Å². The number of carbonyl (C=O) groups is 1. The molecule has 1 fully saturated rings. The van der Waals surface area contributed by atoms with E-state index in [0.29, 0.717) is 0 Å². The SMILES string of the molecule is CC(C)(C)OC(=O)N1SOC[C@@H]1CC(F)F. The van der Waals surface area contributed by atoms with Gasteiger partial charge in [-0.25, -0.2) is 17.9 Å². The van der Waals surface area contributed by atoms with Crippen LogP contribution in [0, 0.1) is 0 Å². The van der Waals surface area contributed by atoms with Crippen LogP contribution in [0.3, 0.4) is 0 Å². The van der Waals surface area contributed by atoms with Gasteiger partial charge in [0, 0.05) is 6.42 Å². The summed E-state index contributed by atoms with van der Waals surface area (Å²) < 4.78 is 35.5. The molecule has 4 nitrogen and oxygen atoms in total. The molecule has 0 unspecified atom stereocenters. The van der Waals surface area contributed by atoms with Gasteiger partial charge in [-0.1, -0.05) is 0 Å². The van der Waals surface area contributed by atoms with Crippen LogP contribution in [0.4, 0.5) is 13.6 Å². The summed E-state index contributed by atoms with van der Waals surface area (Å²) in [6.45, 7) is 5.26. The Morgan fingerprint density at radius 3 is 2.75 bits per heavy atom. The Kier molecular flexibility index (Phi) is 4.37. The van der Waals surface area contributed by atoms with E-state index in [1.54, 1.807) is 20.8 Å². The average molecular weight is 255 g/mol. The molecule has 1 amide bonds. The number of carbonyl (C=O) groups excluding carboxylic acids is 1. The van der Waals surface area contributed by atoms with E-state index in [9.17, 15) is 13.6 Å². The molecular weight excluding hydrogens is 240 g/mol. The molecule has 0 saturated carbocycles. The van der Waals surface area contributed by atoms with Crippen LogP contribution in [0.5, 0.6) is 0 Å². The maximum Gasteiger partial charge on any atom is 0.422 e. The first-order chi connectivity index (χ1) is 7.29. The maximum atomic E-state index is 12.2. The van der Waals surface area contributed by atoms with Crippen molar-refractivity contribution in [3.05, 3.63) is 0 Å². The van der Waals surface area contributed by atoms with Crippen LogP contribution in [0.25, 0.3) is 0 Å². The lowest BCUT2D eigenvalue weighted by atomic mass is 10.2. The molecular formula is C9H15F2NO3S. The van der Waals surface area contributed by atoms with Gasteiger partial charge in [0.1, 0.15) is 17.8 Å². The second-order valence-corrected chi connectivity index (χ2v) is 5.22. The van der Waals surface area contributed by atoms with Crippen molar-refractivity contribution in [3.8, 4) is 0 Å². The van der Waals surface area contributed by atoms with Crippen molar-refractivity contribution in [1.82, 2.24) is 4.31 Å². The van der Waals surface area contributed by atoms with Crippen LogP contribution in [-0.2, 0) is 8.92 Å². The highest BCUT2D eigenvalue weighted by molar-refractivity contribution is 7.93. The fourth-order valence-electron chi connectivity index (χ4n) is 1.15. The van der Waals surface area contributed by atoms with E-state index < -0.39 is 30.6 Å². The van der Waals surface area contributed by atoms with Crippen molar-refractivity contribution in [2.45, 2.75) is 45.3 Å². The fraction of sp³-hybridized carbons (Fsp3) is 0.889. The molecule has 1 saturated heterocycles. The van der Waals surface area contributed by atoms with E-state index in [1.165, 1.54) is 0 Å². The van der Waals surface area contributed by atoms with Gasteiger partial charge in [0.2, 0.25) is 6.43 Å². The van der Waals surface area contributed by atoms with E-state index >= 15 is 0 Å². The number of hydrogen-bond donors (Lipinski definition) is 0. The summed E-state index contributed by atoms with van der Waals surface area (Å²) >= 11 is 0.767. The Morgan fingerprint density at radius 1 is 1.62 bits per heavy atom. The van der Waals surface area contributed by atoms with Crippen molar-refractivity contribution in [3.63, 3.8) is 0 Å². The molecule has 0 aliphatic carbocycles. The first-order valence-corrected chi connectivity index (χ1v) is 5.59. The molecule has 94 valence electrons. The van der Waals surface area contributed by atoms with Crippen molar-refractivity contribution >= 4 is 18.3 Å². The predicted octanol–water partition coefficient (Wildman–Crippen LogP) is 2.84. The van der Waals surface area contributed by atoms with Gasteiger partial charge in [0.15, 0.2) is 0 Å². The molecule has 1 atom stereocenters. The summed E-state index contributed by atoms with van der Waals surface area (Å²) in [6, 6.07) is -0.625. The second-order valence-electron chi connectivity index (χ2n) is 4.45. The summed E-state index contributed by atoms with van der Waals surface area (Å²) in [5, 5.41) is 0. The van der Waals surface area contributed by atoms with Gasteiger partial charge in [-0.2, -0.15) is 0 Å². The summed E-state index contributed by atoms with van der Waals surface area (Å²) in [6.07, 6.45) is -3.50. The number of amides is 1. The lowest BCUT2D eigenvalue weighted by Gasteiger charge is -2.25. The Morgan fingerprint density at radius 2 is 2.25 bits per heavy atom. The van der Waals surface area contributed by atoms with Crippen LogP contribution in [0.15, 0.2) is 0 Å². The molecule has 0 N–H and O–H groups in total. The largest absolute Gasteiger partial charge is 0.443 e. The monoisotopic (exact) mass is 255 g/mol. The third kappa shape index (κ3) is 4.13. The van der Waals surface area contributed by atoms with Gasteiger partial charge in [0.05, 0.1) is 12.6 Å². The summed E-state index contributed by atoms with van der Waals surface area (Å²) in [7, 11) is 0. The minimum absolute atomic E-state index is 0.105. The molecule has 1 rings (SSSR count). The standard InChI is InChI=1S/C9H15F2NO3S/c1-9(2,3)15-8(13)12-6(4-7(10)11)5-14-16-12/h6-7H,4-5H2,1-3H3/t6-/m0/s1. The third-order valence-electron chi connectivity index (χ3n) is 1.75. The lowest BCUT2D eigenvalue weighted by Crippen LogP contribution is -2.38. The Bertz CT molecular complexity index is 258. The molecule has 0 aromatic heterocycles. The van der Waals surface area contributed by atoms with Crippen molar-refractivity contribution in [1.29, 1.82) is 0 Å². The number of halogens is 2. The number of rotatable bonds is 2. The van der Waals surface area contributed by atoms with Crippen molar-refractivity contribution in [2.24, 2.45) is 0 Å². The Hall–Kier alpha value is -0.560. The highest BCUT2D eigenvalue weighted by Gasteiger charge is 2.36. The number of nitrogens with zero attached hydrogens (tertiary/aromatic N) is 1. The third-order valence-corrected chi connectivity index (χ3v) is 2.60. The highest BCUT2D eigenvalue weighted by atomic mass is 32.2. The molecule has 7 heteroatoms. The van der Waals surface area contributed by atoms with E-state index in [2.05, 4.69) is 0 Å². The maximum absolute atomic E-state index is 12.2. The number of alkyl halides is 2. The van der Waals surface area contributed by atoms with Gasteiger partial charge in [-0.3, -0.25) is 4.18 Å². The van der Waals surface area contributed by atoms with Crippen LogP contribution in [0.2, 0.25) is 0 Å². The minimum atomic E-state index is -2.46. The van der Waals surface area contributed by atoms with Crippen LogP contribution < -0.4 is 0 Å². The van der Waals surface area contributed by atoms with E-state index in [1.807, 2.05) is 0 Å². The average Bonchev–Trinajstić information content (AvgIpc) is 2.47. The zero-order chi connectivity index (χ0) is 12.3. The molecule has 0 aromatic carbocycles. The van der Waals surface area contributed by atoms with E-state index in [0.717, 1.165) is 16.5 Å². The fourth-order valence-corrected chi connectivity index (χ4v) is 1.85. The van der Waals surface area contributed by atoms with Gasteiger partial charge < -0.3 is 4.74 Å². The molecule has 1 aliphatic heterocycles. The molecule has 0 aromatic rings. The first-order valence-electron chi connectivity index (χ1n) is 4.89. The van der Waals surface area contributed by atoms with E-state index in [4.69, 9.17) is 8.92 Å². The molecule has 0 bridgehead atoms. The Labute approximate surface area is 97.6 Å². The quantitative estimate of drug-likeness (QED) is 0.562. The van der Waals surface area contributed by atoms with Crippen molar-refractivity contribution in [2.75, 3.05) is 6.61 Å². The zero-order valence-electron chi connectivity index (χ0n) is 9.41. The summed E-state index contributed by atoms with van der Waals surface area (Å²) in [5.74, 6) is 0. The smallest absolute Gasteiger partial charge is 0.422 e. The van der Waals surface area contributed by atoms with Gasteiger partial charge in [0.25, 0.3) is 0 Å². The molecule has 1 aliphatic rings.